The van der Waals surface area contributed by atoms with Crippen molar-refractivity contribution in [3.05, 3.63) is 77.4 Å². The summed E-state index contributed by atoms with van der Waals surface area (Å²) in [7, 11) is 0. The minimum atomic E-state index is 0.618. The van der Waals surface area contributed by atoms with E-state index in [-0.39, 0.29) is 0 Å². The fraction of sp³-hybridized carbons (Fsp3) is 0.182. The number of fused-ring (bicyclic) bond motifs is 2. The van der Waals surface area contributed by atoms with Crippen LogP contribution in [0.5, 0.6) is 0 Å². The maximum Gasteiger partial charge on any atom is -0.00491 e. The fourth-order valence-corrected chi connectivity index (χ4v) is 3.48. The molecular weight excluding hydrogens is 264 g/mol. The maximum atomic E-state index is 2.38. The van der Waals surface area contributed by atoms with Crippen LogP contribution in [0.2, 0.25) is 0 Å². The topological polar surface area (TPSA) is 0 Å². The molecule has 0 bridgehead atoms. The minimum Gasteiger partial charge on any atom is -0.0626 e. The molecule has 0 fully saturated rings. The van der Waals surface area contributed by atoms with Crippen LogP contribution in [-0.2, 0) is 6.42 Å². The number of hydrogen-bond donors (Lipinski definition) is 0. The van der Waals surface area contributed by atoms with Crippen LogP contribution < -0.4 is 0 Å². The lowest BCUT2D eigenvalue weighted by Gasteiger charge is -2.12. The lowest BCUT2D eigenvalue weighted by Crippen LogP contribution is -1.95. The predicted molar refractivity (Wildman–Crippen MR) is 95.9 cm³/mol. The highest BCUT2D eigenvalue weighted by molar-refractivity contribution is 5.98. The molecule has 0 aromatic heterocycles. The van der Waals surface area contributed by atoms with Crippen LogP contribution in [0.4, 0.5) is 0 Å². The van der Waals surface area contributed by atoms with Crippen molar-refractivity contribution in [3.8, 4) is 11.1 Å². The monoisotopic (exact) mass is 284 g/mol. The van der Waals surface area contributed by atoms with Gasteiger partial charge >= 0.3 is 0 Å². The van der Waals surface area contributed by atoms with E-state index in [0.717, 1.165) is 6.42 Å². The minimum absolute atomic E-state index is 0.618. The van der Waals surface area contributed by atoms with Gasteiger partial charge in [-0.3, -0.25) is 0 Å². The highest BCUT2D eigenvalue weighted by atomic mass is 14.2. The smallest absolute Gasteiger partial charge is 0.00491 e. The van der Waals surface area contributed by atoms with Crippen molar-refractivity contribution in [1.29, 1.82) is 0 Å². The van der Waals surface area contributed by atoms with E-state index in [9.17, 15) is 0 Å². The predicted octanol–water partition coefficient (Wildman–Crippen LogP) is 6.10. The summed E-state index contributed by atoms with van der Waals surface area (Å²) in [4.78, 5) is 0. The molecular formula is C22H20. The SMILES string of the molecule is CC(C)C1=Cc2cccc(-c3cccc4ccccc34)c2C1. The zero-order valence-corrected chi connectivity index (χ0v) is 13.1. The van der Waals surface area contributed by atoms with E-state index >= 15 is 0 Å². The van der Waals surface area contributed by atoms with E-state index < -0.39 is 0 Å². The molecule has 22 heavy (non-hydrogen) atoms. The normalized spacial score (nSPS) is 13.5. The summed E-state index contributed by atoms with van der Waals surface area (Å²) in [5, 5.41) is 2.66. The maximum absolute atomic E-state index is 2.38. The van der Waals surface area contributed by atoms with Crippen molar-refractivity contribution in [2.75, 3.05) is 0 Å². The number of rotatable bonds is 2. The van der Waals surface area contributed by atoms with Crippen LogP contribution in [0, 0.1) is 5.92 Å². The van der Waals surface area contributed by atoms with Gasteiger partial charge in [0.05, 0.1) is 0 Å². The second kappa shape index (κ2) is 5.14. The first-order valence-corrected chi connectivity index (χ1v) is 8.04. The van der Waals surface area contributed by atoms with Gasteiger partial charge in [0.25, 0.3) is 0 Å². The molecule has 108 valence electrons. The van der Waals surface area contributed by atoms with Crippen molar-refractivity contribution in [2.45, 2.75) is 20.3 Å². The van der Waals surface area contributed by atoms with Gasteiger partial charge < -0.3 is 0 Å². The second-order valence-corrected chi connectivity index (χ2v) is 6.45. The molecule has 4 rings (SSSR count). The van der Waals surface area contributed by atoms with Gasteiger partial charge in [0.2, 0.25) is 0 Å². The largest absolute Gasteiger partial charge is 0.0626 e. The lowest BCUT2D eigenvalue weighted by molar-refractivity contribution is 0.755. The Labute approximate surface area is 132 Å². The molecule has 1 aliphatic carbocycles. The van der Waals surface area contributed by atoms with Crippen molar-refractivity contribution >= 4 is 16.8 Å². The van der Waals surface area contributed by atoms with Gasteiger partial charge in [-0.2, -0.15) is 0 Å². The Balaban J connectivity index is 1.92. The van der Waals surface area contributed by atoms with Gasteiger partial charge in [0.1, 0.15) is 0 Å². The molecule has 3 aromatic carbocycles. The molecule has 0 unspecified atom stereocenters. The van der Waals surface area contributed by atoms with Crippen LogP contribution in [0.1, 0.15) is 25.0 Å². The molecule has 0 nitrogen and oxygen atoms in total. The molecule has 0 N–H and O–H groups in total. The summed E-state index contributed by atoms with van der Waals surface area (Å²) >= 11 is 0. The average molecular weight is 284 g/mol. The van der Waals surface area contributed by atoms with Gasteiger partial charge in [-0.05, 0) is 45.4 Å². The summed E-state index contributed by atoms with van der Waals surface area (Å²) < 4.78 is 0. The van der Waals surface area contributed by atoms with Gasteiger partial charge in [-0.15, -0.1) is 0 Å². The molecule has 0 radical (unpaired) electrons. The molecule has 1 aliphatic rings. The van der Waals surface area contributed by atoms with Crippen molar-refractivity contribution in [2.24, 2.45) is 5.92 Å². The number of hydrogen-bond acceptors (Lipinski definition) is 0. The summed E-state index contributed by atoms with van der Waals surface area (Å²) in [6.07, 6.45) is 3.47. The Morgan fingerprint density at radius 3 is 2.36 bits per heavy atom. The zero-order chi connectivity index (χ0) is 15.1. The lowest BCUT2D eigenvalue weighted by atomic mass is 9.91. The van der Waals surface area contributed by atoms with E-state index in [0.29, 0.717) is 5.92 Å². The van der Waals surface area contributed by atoms with Crippen LogP contribution in [0.3, 0.4) is 0 Å². The summed E-state index contributed by atoms with van der Waals surface area (Å²) in [5.41, 5.74) is 7.17. The highest BCUT2D eigenvalue weighted by Gasteiger charge is 2.19. The van der Waals surface area contributed by atoms with E-state index in [1.165, 1.54) is 33.0 Å². The number of benzene rings is 3. The molecule has 0 atom stereocenters. The van der Waals surface area contributed by atoms with Gasteiger partial charge in [0.15, 0.2) is 0 Å². The van der Waals surface area contributed by atoms with Gasteiger partial charge in [0, 0.05) is 0 Å². The number of allylic oxidation sites excluding steroid dienone is 1. The van der Waals surface area contributed by atoms with Gasteiger partial charge in [-0.25, -0.2) is 0 Å². The second-order valence-electron chi connectivity index (χ2n) is 6.45. The Bertz CT molecular complexity index is 876. The molecule has 3 aromatic rings. The molecule has 0 spiro atoms. The highest BCUT2D eigenvalue weighted by Crippen LogP contribution is 2.38. The molecule has 0 saturated heterocycles. The van der Waals surface area contributed by atoms with Crippen LogP contribution in [0.25, 0.3) is 28.0 Å². The molecule has 0 heterocycles. The Morgan fingerprint density at radius 2 is 1.50 bits per heavy atom. The Hall–Kier alpha value is -2.34. The van der Waals surface area contributed by atoms with Crippen molar-refractivity contribution in [3.63, 3.8) is 0 Å². The fourth-order valence-electron chi connectivity index (χ4n) is 3.48. The van der Waals surface area contributed by atoms with Crippen LogP contribution in [0.15, 0.2) is 66.2 Å². The van der Waals surface area contributed by atoms with E-state index in [1.54, 1.807) is 5.57 Å². The Morgan fingerprint density at radius 1 is 0.773 bits per heavy atom. The molecule has 0 saturated carbocycles. The third kappa shape index (κ3) is 2.07. The standard InChI is InChI=1S/C22H20/c1-15(2)18-13-17-9-6-12-21(22(17)14-18)20-11-5-8-16-7-3-4-10-19(16)20/h3-13,15H,14H2,1-2H3. The third-order valence-corrected chi connectivity index (χ3v) is 4.76. The first kappa shape index (κ1) is 13.3. The Kier molecular flexibility index (Phi) is 3.11. The first-order valence-electron chi connectivity index (χ1n) is 8.04. The zero-order valence-electron chi connectivity index (χ0n) is 13.1. The summed E-state index contributed by atoms with van der Waals surface area (Å²) in [6, 6.07) is 22.0. The average Bonchev–Trinajstić information content (AvgIpc) is 2.99. The quantitative estimate of drug-likeness (QED) is 0.533. The van der Waals surface area contributed by atoms with E-state index in [1.807, 2.05) is 0 Å². The van der Waals surface area contributed by atoms with Crippen molar-refractivity contribution in [1.82, 2.24) is 0 Å². The first-order chi connectivity index (χ1) is 10.7. The summed E-state index contributed by atoms with van der Waals surface area (Å²) in [5.74, 6) is 0.618. The van der Waals surface area contributed by atoms with Crippen LogP contribution in [-0.4, -0.2) is 0 Å². The van der Waals surface area contributed by atoms with Crippen LogP contribution >= 0.6 is 0 Å². The van der Waals surface area contributed by atoms with Gasteiger partial charge in [-0.1, -0.05) is 86.2 Å². The van der Waals surface area contributed by atoms with E-state index in [2.05, 4.69) is 80.6 Å². The summed E-state index contributed by atoms with van der Waals surface area (Å²) in [6.45, 7) is 4.57. The third-order valence-electron chi connectivity index (χ3n) is 4.76. The van der Waals surface area contributed by atoms with E-state index in [4.69, 9.17) is 0 Å². The molecule has 0 heteroatoms. The molecule has 0 aliphatic heterocycles. The molecule has 0 amide bonds. The van der Waals surface area contributed by atoms with Crippen molar-refractivity contribution < 1.29 is 0 Å².